The van der Waals surface area contributed by atoms with Gasteiger partial charge in [-0.25, -0.2) is 9.78 Å². The molecule has 0 spiro atoms. The van der Waals surface area contributed by atoms with E-state index in [1.54, 1.807) is 37.3 Å². The van der Waals surface area contributed by atoms with E-state index in [1.165, 1.54) is 11.3 Å². The first-order chi connectivity index (χ1) is 25.7. The van der Waals surface area contributed by atoms with Gasteiger partial charge in [-0.1, -0.05) is 35.9 Å². The van der Waals surface area contributed by atoms with E-state index in [4.69, 9.17) is 43.4 Å². The highest BCUT2D eigenvalue weighted by Crippen LogP contribution is 2.45. The van der Waals surface area contributed by atoms with E-state index in [2.05, 4.69) is 24.0 Å². The summed E-state index contributed by atoms with van der Waals surface area (Å²) in [7, 11) is 0. The van der Waals surface area contributed by atoms with Gasteiger partial charge in [0.15, 0.2) is 6.10 Å². The summed E-state index contributed by atoms with van der Waals surface area (Å²) >= 11 is 7.52. The molecule has 0 aliphatic carbocycles. The third kappa shape index (κ3) is 5.90. The zero-order valence-electron chi connectivity index (χ0n) is 34.5. The number of likely N-dealkylation sites (tertiary alicyclic amines) is 1. The van der Waals surface area contributed by atoms with Gasteiger partial charge in [0.1, 0.15) is 5.01 Å². The number of thiazole rings is 1. The minimum Gasteiger partial charge on any atom is -0.479 e. The van der Waals surface area contributed by atoms with Crippen LogP contribution in [0.4, 0.5) is 0 Å². The van der Waals surface area contributed by atoms with Gasteiger partial charge < -0.3 is 14.6 Å². The Bertz CT molecular complexity index is 2120. The average molecular weight is 667 g/mol. The second-order valence-electron chi connectivity index (χ2n) is 12.4. The van der Waals surface area contributed by atoms with E-state index in [0.717, 1.165) is 61.5 Å². The van der Waals surface area contributed by atoms with Gasteiger partial charge in [0.2, 0.25) is 0 Å². The summed E-state index contributed by atoms with van der Waals surface area (Å²) in [5.41, 5.74) is 1.69. The molecule has 2 fully saturated rings. The summed E-state index contributed by atoms with van der Waals surface area (Å²) in [6.45, 7) is -4.16. The number of aromatic nitrogens is 1. The number of carbonyl (C=O) groups is 1. The predicted octanol–water partition coefficient (Wildman–Crippen LogP) is 8.51. The van der Waals surface area contributed by atoms with Crippen LogP contribution in [0, 0.1) is 12.8 Å². The summed E-state index contributed by atoms with van der Waals surface area (Å²) in [6.07, 6.45) is -0.331. The normalized spacial score (nSPS) is 23.8. The number of carboxylic acid groups (broad SMARTS) is 1. The Morgan fingerprint density at radius 1 is 1.13 bits per heavy atom. The maximum atomic E-state index is 13.1. The van der Waals surface area contributed by atoms with Crippen molar-refractivity contribution in [1.29, 1.82) is 0 Å². The summed E-state index contributed by atoms with van der Waals surface area (Å²) in [4.78, 5) is 25.8. The number of carboxylic acids is 1. The van der Waals surface area contributed by atoms with E-state index >= 15 is 0 Å². The second-order valence-corrected chi connectivity index (χ2v) is 13.8. The van der Waals surface area contributed by atoms with Crippen molar-refractivity contribution in [1.82, 2.24) is 9.88 Å². The number of aryl methyl sites for hydroxylation is 1. The van der Waals surface area contributed by atoms with Crippen molar-refractivity contribution in [2.75, 3.05) is 26.3 Å². The maximum absolute atomic E-state index is 13.1. The molecule has 0 bridgehead atoms. The van der Waals surface area contributed by atoms with Gasteiger partial charge in [-0.15, -0.1) is 11.3 Å². The zero-order chi connectivity index (χ0) is 39.8. The number of halogens is 1. The Labute approximate surface area is 291 Å². The molecular weight excluding hydrogens is 618 g/mol. The van der Waals surface area contributed by atoms with Crippen LogP contribution in [0.3, 0.4) is 0 Å². The number of aliphatic carboxylic acids is 1. The highest BCUT2D eigenvalue weighted by molar-refractivity contribution is 7.22. The fourth-order valence-corrected chi connectivity index (χ4v) is 8.15. The van der Waals surface area contributed by atoms with Gasteiger partial charge in [0.25, 0.3) is 0 Å². The summed E-state index contributed by atoms with van der Waals surface area (Å²) < 4.78 is 84.5. The zero-order valence-corrected chi connectivity index (χ0v) is 27.0. The third-order valence-electron chi connectivity index (χ3n) is 9.25. The van der Waals surface area contributed by atoms with Crippen LogP contribution >= 0.6 is 22.9 Å². The van der Waals surface area contributed by atoms with E-state index in [1.807, 2.05) is 6.07 Å². The lowest BCUT2D eigenvalue weighted by molar-refractivity contribution is -0.160. The molecule has 4 heterocycles. The minimum absolute atomic E-state index is 0.00830. The maximum Gasteiger partial charge on any atom is 0.337 e. The Kier molecular flexibility index (Phi) is 5.92. The van der Waals surface area contributed by atoms with E-state index in [9.17, 15) is 9.90 Å². The molecule has 1 aromatic heterocycles. The van der Waals surface area contributed by atoms with E-state index in [-0.39, 0.29) is 22.7 Å². The molecule has 7 rings (SSSR count). The number of aliphatic imine (C=N–C) groups is 1. The summed E-state index contributed by atoms with van der Waals surface area (Å²) in [6, 6.07) is 14.8. The third-order valence-corrected chi connectivity index (χ3v) is 10.6. The molecule has 9 heteroatoms. The number of benzene rings is 3. The first-order valence-corrected chi connectivity index (χ1v) is 16.6. The molecule has 3 aliphatic heterocycles. The quantitative estimate of drug-likeness (QED) is 0.213. The second kappa shape index (κ2) is 12.1. The predicted molar refractivity (Wildman–Crippen MR) is 185 cm³/mol. The largest absolute Gasteiger partial charge is 0.479 e. The average Bonchev–Trinajstić information content (AvgIpc) is 3.63. The molecule has 2 atom stereocenters. The lowest BCUT2D eigenvalue weighted by Crippen LogP contribution is -2.52. The number of hydrogen-bond donors (Lipinski definition) is 1. The number of piperidine rings is 1. The van der Waals surface area contributed by atoms with Crippen LogP contribution in [-0.4, -0.2) is 64.6 Å². The SMILES string of the molecule is [2H]C([2H])([2H])C(O[C@H](C(=O)O)c1c(C)cc2nc(-c3ccc4c(c3)C(C3CCN(C5COC5)CC3)=NC4C)sc2c1-c1ccc(Cl)cc1)(C([2H])([2H])[2H])C([2H])([2H])[2H]. The Hall–Kier alpha value is -3.14. The van der Waals surface area contributed by atoms with Crippen LogP contribution in [0.5, 0.6) is 0 Å². The molecule has 0 saturated carbocycles. The van der Waals surface area contributed by atoms with Gasteiger partial charge in [0, 0.05) is 51.2 Å². The van der Waals surface area contributed by atoms with Crippen molar-refractivity contribution in [3.63, 3.8) is 0 Å². The fraction of sp³-hybridized carbons (Fsp3) is 0.432. The van der Waals surface area contributed by atoms with Gasteiger partial charge in [-0.05, 0) is 101 Å². The van der Waals surface area contributed by atoms with Crippen LogP contribution in [0.1, 0.15) is 87.1 Å². The van der Waals surface area contributed by atoms with Crippen molar-refractivity contribution in [2.24, 2.45) is 10.9 Å². The van der Waals surface area contributed by atoms with Crippen molar-refractivity contribution in [2.45, 2.75) is 71.0 Å². The van der Waals surface area contributed by atoms with Crippen molar-refractivity contribution in [3.05, 3.63) is 75.8 Å². The smallest absolute Gasteiger partial charge is 0.337 e. The number of ether oxygens (including phenoxy) is 2. The molecule has 2 saturated heterocycles. The number of hydrogen-bond acceptors (Lipinski definition) is 7. The highest BCUT2D eigenvalue weighted by Gasteiger charge is 2.35. The van der Waals surface area contributed by atoms with E-state index in [0.29, 0.717) is 37.8 Å². The van der Waals surface area contributed by atoms with Crippen molar-refractivity contribution < 1.29 is 31.7 Å². The van der Waals surface area contributed by atoms with Gasteiger partial charge in [-0.2, -0.15) is 0 Å². The molecule has 1 unspecified atom stereocenters. The standard InChI is InChI=1S/C37H40ClN3O4S/c1-20-16-29-34(31(22-6-9-25(38)10-7-22)30(20)33(36(42)43)45-37(3,4)5)46-35(40-29)24-8-11-27-21(2)39-32(28(27)17-24)23-12-14-41(15-13-23)26-18-44-19-26/h6-11,16-17,21,23,26,33H,12-15,18-19H2,1-5H3,(H,42,43)/t21?,33-/m0/s1/i3D3,4D3,5D3. The number of fused-ring (bicyclic) bond motifs is 2. The molecule has 3 aliphatic rings. The highest BCUT2D eigenvalue weighted by atomic mass is 35.5. The topological polar surface area (TPSA) is 84.2 Å². The lowest BCUT2D eigenvalue weighted by Gasteiger charge is -2.41. The van der Waals surface area contributed by atoms with Gasteiger partial charge in [-0.3, -0.25) is 9.89 Å². The molecule has 0 radical (unpaired) electrons. The Morgan fingerprint density at radius 2 is 1.85 bits per heavy atom. The molecular formula is C37H40ClN3O4S. The van der Waals surface area contributed by atoms with Crippen LogP contribution in [0.2, 0.25) is 5.02 Å². The van der Waals surface area contributed by atoms with Crippen LogP contribution in [0.15, 0.2) is 53.5 Å². The van der Waals surface area contributed by atoms with Crippen molar-refractivity contribution >= 4 is 44.8 Å². The molecule has 0 amide bonds. The van der Waals surface area contributed by atoms with Gasteiger partial charge >= 0.3 is 5.97 Å². The van der Waals surface area contributed by atoms with Crippen LogP contribution < -0.4 is 0 Å². The molecule has 3 aromatic carbocycles. The van der Waals surface area contributed by atoms with Crippen LogP contribution in [-0.2, 0) is 14.3 Å². The summed E-state index contributed by atoms with van der Waals surface area (Å²) in [5, 5.41) is 11.7. The molecule has 4 aromatic rings. The minimum atomic E-state index is -3.85. The number of rotatable bonds is 7. The van der Waals surface area contributed by atoms with Crippen molar-refractivity contribution in [3.8, 4) is 21.7 Å². The summed E-state index contributed by atoms with van der Waals surface area (Å²) in [5.74, 6) is -1.45. The molecule has 1 N–H and O–H groups in total. The fourth-order valence-electron chi connectivity index (χ4n) is 6.91. The van der Waals surface area contributed by atoms with E-state index < -0.39 is 38.2 Å². The molecule has 240 valence electrons. The Balaban J connectivity index is 1.35. The first kappa shape index (κ1) is 22.4. The molecule has 7 nitrogen and oxygen atoms in total. The molecule has 46 heavy (non-hydrogen) atoms. The van der Waals surface area contributed by atoms with Gasteiger partial charge in [0.05, 0.1) is 41.1 Å². The number of nitrogens with zero attached hydrogens (tertiary/aromatic N) is 3. The first-order valence-electron chi connectivity index (χ1n) is 19.9. The Morgan fingerprint density at radius 3 is 2.50 bits per heavy atom. The van der Waals surface area contributed by atoms with Crippen LogP contribution in [0.25, 0.3) is 31.9 Å². The monoisotopic (exact) mass is 666 g/mol. The lowest BCUT2D eigenvalue weighted by atomic mass is 9.86.